The van der Waals surface area contributed by atoms with Crippen LogP contribution in [0.3, 0.4) is 0 Å². The average molecular weight is 585 g/mol. The van der Waals surface area contributed by atoms with Gasteiger partial charge in [-0.1, -0.05) is 18.2 Å². The number of nitrogens with zero attached hydrogens (tertiary/aromatic N) is 2. The number of carbonyl (C=O) groups excluding carboxylic acids is 3. The monoisotopic (exact) mass is 584 g/mol. The zero-order valence-corrected chi connectivity index (χ0v) is 22.5. The Kier molecular flexibility index (Phi) is 14.9. The number of hydrogen-bond donors (Lipinski definition) is 3. The van der Waals surface area contributed by atoms with Crippen molar-refractivity contribution < 1.29 is 47.2 Å². The van der Waals surface area contributed by atoms with Gasteiger partial charge in [-0.3, -0.25) is 19.5 Å². The molecule has 0 saturated heterocycles. The van der Waals surface area contributed by atoms with E-state index < -0.39 is 56.1 Å². The molecule has 2 amide bonds. The first-order valence-corrected chi connectivity index (χ1v) is 12.8. The second kappa shape index (κ2) is 18.4. The maximum absolute atomic E-state index is 13.8. The van der Waals surface area contributed by atoms with E-state index in [-0.39, 0.29) is 44.2 Å². The molecule has 2 aromatic rings. The summed E-state index contributed by atoms with van der Waals surface area (Å²) < 4.78 is 48.2. The lowest BCUT2D eigenvalue weighted by molar-refractivity contribution is -0.173. The van der Waals surface area contributed by atoms with Gasteiger partial charge in [0, 0.05) is 31.8 Å². The van der Waals surface area contributed by atoms with Crippen molar-refractivity contribution >= 4 is 29.5 Å². The number of benzene rings is 1. The molecular weight excluding hydrogens is 550 g/mol. The van der Waals surface area contributed by atoms with Crippen LogP contribution in [-0.2, 0) is 28.5 Å². The van der Waals surface area contributed by atoms with Gasteiger partial charge in [0.2, 0.25) is 5.91 Å². The lowest BCUT2D eigenvalue weighted by Crippen LogP contribution is -2.41. The Morgan fingerprint density at radius 2 is 1.73 bits per heavy atom. The topological polar surface area (TPSA) is 167 Å². The third-order valence-corrected chi connectivity index (χ3v) is 5.48. The van der Waals surface area contributed by atoms with Crippen LogP contribution in [0.2, 0.25) is 0 Å². The predicted molar refractivity (Wildman–Crippen MR) is 142 cm³/mol. The minimum atomic E-state index is -1.65. The van der Waals surface area contributed by atoms with E-state index >= 15 is 0 Å². The molecule has 0 unspecified atom stereocenters. The number of ether oxygens (including phenoxy) is 4. The van der Waals surface area contributed by atoms with E-state index in [4.69, 9.17) is 18.9 Å². The SMILES string of the molecule is COCCOC(=O)Nc1ccn([C@@H](CF)O[C@H](CO)[C@H](CF)OC(=O)CCCCC(=O)Nc2ccccc2)c(=O)n1. The molecule has 0 saturated carbocycles. The molecule has 226 valence electrons. The lowest BCUT2D eigenvalue weighted by Gasteiger charge is -2.27. The quantitative estimate of drug-likeness (QED) is 0.175. The zero-order valence-electron chi connectivity index (χ0n) is 22.5. The number of para-hydroxylation sites is 1. The van der Waals surface area contributed by atoms with Crippen molar-refractivity contribution in [3.05, 3.63) is 53.1 Å². The molecule has 1 aromatic carbocycles. The Morgan fingerprint density at radius 3 is 2.37 bits per heavy atom. The first kappa shape index (κ1) is 33.3. The Labute approximate surface area is 234 Å². The fraction of sp³-hybridized carbons (Fsp3) is 0.500. The highest BCUT2D eigenvalue weighted by molar-refractivity contribution is 5.90. The van der Waals surface area contributed by atoms with Crippen LogP contribution in [0.1, 0.15) is 31.9 Å². The number of aromatic nitrogens is 2. The van der Waals surface area contributed by atoms with E-state index in [0.717, 1.165) is 10.8 Å². The summed E-state index contributed by atoms with van der Waals surface area (Å²) in [5.74, 6) is -1.22. The van der Waals surface area contributed by atoms with E-state index in [9.17, 15) is 33.1 Å². The second-order valence-corrected chi connectivity index (χ2v) is 8.53. The number of unbranched alkanes of at least 4 members (excludes halogenated alkanes) is 1. The molecule has 0 aliphatic rings. The number of carbonyl (C=O) groups is 3. The Hall–Kier alpha value is -3.95. The van der Waals surface area contributed by atoms with Crippen molar-refractivity contribution in [2.24, 2.45) is 0 Å². The lowest BCUT2D eigenvalue weighted by atomic mass is 10.1. The summed E-state index contributed by atoms with van der Waals surface area (Å²) >= 11 is 0. The molecular formula is C26H34F2N4O9. The number of methoxy groups -OCH3 is 1. The maximum Gasteiger partial charge on any atom is 0.412 e. The Balaban J connectivity index is 1.87. The zero-order chi connectivity index (χ0) is 30.0. The maximum atomic E-state index is 13.8. The van der Waals surface area contributed by atoms with Crippen LogP contribution in [0.15, 0.2) is 47.4 Å². The molecule has 2 rings (SSSR count). The Bertz CT molecular complexity index is 1150. The fourth-order valence-electron chi connectivity index (χ4n) is 3.42. The summed E-state index contributed by atoms with van der Waals surface area (Å²) in [4.78, 5) is 51.9. The minimum Gasteiger partial charge on any atom is -0.457 e. The van der Waals surface area contributed by atoms with Gasteiger partial charge in [0.1, 0.15) is 31.9 Å². The van der Waals surface area contributed by atoms with E-state index in [0.29, 0.717) is 12.1 Å². The fourth-order valence-corrected chi connectivity index (χ4v) is 3.42. The molecule has 0 bridgehead atoms. The molecule has 0 spiro atoms. The normalized spacial score (nSPS) is 13.1. The second-order valence-electron chi connectivity index (χ2n) is 8.53. The van der Waals surface area contributed by atoms with E-state index in [1.54, 1.807) is 24.3 Å². The number of aliphatic hydroxyl groups excluding tert-OH is 1. The number of alkyl halides is 2. The minimum absolute atomic E-state index is 0.0358. The average Bonchev–Trinajstić information content (AvgIpc) is 2.96. The molecule has 0 aliphatic heterocycles. The van der Waals surface area contributed by atoms with Crippen LogP contribution in [0.5, 0.6) is 0 Å². The van der Waals surface area contributed by atoms with Crippen LogP contribution >= 0.6 is 0 Å². The predicted octanol–water partition coefficient (Wildman–Crippen LogP) is 2.36. The number of halogens is 2. The van der Waals surface area contributed by atoms with Crippen molar-refractivity contribution in [2.75, 3.05) is 50.9 Å². The van der Waals surface area contributed by atoms with Gasteiger partial charge < -0.3 is 29.4 Å². The number of amides is 2. The van der Waals surface area contributed by atoms with Gasteiger partial charge in [-0.25, -0.2) is 18.4 Å². The number of nitrogens with one attached hydrogen (secondary N) is 2. The van der Waals surface area contributed by atoms with Crippen molar-refractivity contribution in [1.82, 2.24) is 9.55 Å². The Morgan fingerprint density at radius 1 is 1.00 bits per heavy atom. The first-order valence-electron chi connectivity index (χ1n) is 12.8. The summed E-state index contributed by atoms with van der Waals surface area (Å²) in [6.07, 6.45) is -3.91. The van der Waals surface area contributed by atoms with E-state index in [1.165, 1.54) is 13.2 Å². The van der Waals surface area contributed by atoms with E-state index in [1.807, 2.05) is 6.07 Å². The van der Waals surface area contributed by atoms with Crippen LogP contribution in [0.25, 0.3) is 0 Å². The molecule has 1 aromatic heterocycles. The highest BCUT2D eigenvalue weighted by atomic mass is 19.1. The van der Waals surface area contributed by atoms with Crippen molar-refractivity contribution in [3.63, 3.8) is 0 Å². The van der Waals surface area contributed by atoms with Crippen molar-refractivity contribution in [2.45, 2.75) is 44.1 Å². The molecule has 1 heterocycles. The number of hydrogen-bond acceptors (Lipinski definition) is 10. The smallest absolute Gasteiger partial charge is 0.412 e. The third kappa shape index (κ3) is 12.0. The van der Waals surface area contributed by atoms with Gasteiger partial charge in [-0.2, -0.15) is 4.98 Å². The molecule has 13 nitrogen and oxygen atoms in total. The van der Waals surface area contributed by atoms with Crippen LogP contribution in [0.4, 0.5) is 25.1 Å². The first-order chi connectivity index (χ1) is 19.8. The summed E-state index contributed by atoms with van der Waals surface area (Å²) in [6, 6.07) is 10.0. The third-order valence-electron chi connectivity index (χ3n) is 5.48. The highest BCUT2D eigenvalue weighted by Crippen LogP contribution is 2.17. The molecule has 0 radical (unpaired) electrons. The van der Waals surface area contributed by atoms with Gasteiger partial charge in [0.05, 0.1) is 13.2 Å². The van der Waals surface area contributed by atoms with Gasteiger partial charge in [0.25, 0.3) is 0 Å². The standard InChI is InChI=1S/C26H34F2N4O9/c1-38-13-14-39-26(37)31-21-11-12-32(25(36)30-21)23(16-28)40-20(17-33)19(15-27)41-24(35)10-6-5-9-22(34)29-18-7-3-2-4-8-18/h2-4,7-8,11-12,19-20,23,33H,5-6,9-10,13-17H2,1H3,(H,29,34)(H,30,31,36,37)/t19-,20+,23+/m0/s1. The summed E-state index contributed by atoms with van der Waals surface area (Å²) in [5, 5.41) is 14.6. The van der Waals surface area contributed by atoms with Crippen LogP contribution in [0, 0.1) is 0 Å². The van der Waals surface area contributed by atoms with Gasteiger partial charge >= 0.3 is 17.8 Å². The van der Waals surface area contributed by atoms with Crippen LogP contribution < -0.4 is 16.3 Å². The summed E-state index contributed by atoms with van der Waals surface area (Å²) in [7, 11) is 1.42. The van der Waals surface area contributed by atoms with Crippen LogP contribution in [-0.4, -0.2) is 85.1 Å². The van der Waals surface area contributed by atoms with Gasteiger partial charge in [-0.15, -0.1) is 0 Å². The van der Waals surface area contributed by atoms with Gasteiger partial charge in [0.15, 0.2) is 12.3 Å². The number of aliphatic hydroxyl groups is 1. The molecule has 3 N–H and O–H groups in total. The largest absolute Gasteiger partial charge is 0.457 e. The van der Waals surface area contributed by atoms with Gasteiger partial charge in [-0.05, 0) is 31.0 Å². The summed E-state index contributed by atoms with van der Waals surface area (Å²) in [6.45, 7) is -3.26. The molecule has 3 atom stereocenters. The molecule has 15 heteroatoms. The summed E-state index contributed by atoms with van der Waals surface area (Å²) in [5.41, 5.74) is -0.377. The molecule has 0 aliphatic carbocycles. The van der Waals surface area contributed by atoms with Crippen molar-refractivity contribution in [3.8, 4) is 0 Å². The molecule has 41 heavy (non-hydrogen) atoms. The highest BCUT2D eigenvalue weighted by Gasteiger charge is 2.30. The van der Waals surface area contributed by atoms with E-state index in [2.05, 4.69) is 15.6 Å². The molecule has 0 fully saturated rings. The number of anilines is 2. The number of rotatable bonds is 18. The number of esters is 1. The van der Waals surface area contributed by atoms with Crippen molar-refractivity contribution in [1.29, 1.82) is 0 Å².